The average Bonchev–Trinajstić information content (AvgIpc) is 3.66. The highest BCUT2D eigenvalue weighted by Crippen LogP contribution is 2.62. The molecule has 2 aliphatic carbocycles. The van der Waals surface area contributed by atoms with Crippen LogP contribution in [-0.4, -0.2) is 35.0 Å². The van der Waals surface area contributed by atoms with Crippen molar-refractivity contribution in [3.63, 3.8) is 0 Å². The Balaban J connectivity index is 1.72. The van der Waals surface area contributed by atoms with E-state index < -0.39 is 23.8 Å². The van der Waals surface area contributed by atoms with Crippen LogP contribution in [0.5, 0.6) is 0 Å². The van der Waals surface area contributed by atoms with Crippen molar-refractivity contribution in [3.8, 4) is 0 Å². The van der Waals surface area contributed by atoms with Crippen molar-refractivity contribution in [1.29, 1.82) is 0 Å². The topological polar surface area (TPSA) is 35.5 Å². The first-order valence-electron chi connectivity index (χ1n) is 15.2. The highest BCUT2D eigenvalue weighted by molar-refractivity contribution is 7.78. The lowest BCUT2D eigenvalue weighted by Crippen LogP contribution is -2.54. The fourth-order valence-corrected chi connectivity index (χ4v) is 10.8. The Morgan fingerprint density at radius 2 is 1.12 bits per heavy atom. The molecular weight excluding hydrogens is 544 g/mol. The van der Waals surface area contributed by atoms with Gasteiger partial charge in [-0.3, -0.25) is 0 Å². The van der Waals surface area contributed by atoms with E-state index in [-0.39, 0.29) is 27.7 Å². The number of hydrogen-bond acceptors (Lipinski definition) is 3. The van der Waals surface area contributed by atoms with Crippen molar-refractivity contribution < 1.29 is 13.4 Å². The van der Waals surface area contributed by atoms with Crippen LogP contribution in [-0.2, 0) is 13.4 Å². The van der Waals surface area contributed by atoms with Gasteiger partial charge in [-0.25, -0.2) is 0 Å². The molecule has 6 heteroatoms. The molecule has 0 heterocycles. The molecule has 2 fully saturated rings. The van der Waals surface area contributed by atoms with E-state index in [4.69, 9.17) is 8.85 Å². The second-order valence-corrected chi connectivity index (χ2v) is 27.7. The van der Waals surface area contributed by atoms with Crippen molar-refractivity contribution in [2.75, 3.05) is 6.16 Å². The fourth-order valence-electron chi connectivity index (χ4n) is 5.47. The molecule has 2 saturated carbocycles. The fraction of sp³-hybridized carbons (Fsp3) is 0.588. The molecule has 0 aromatic heterocycles. The summed E-state index contributed by atoms with van der Waals surface area (Å²) in [4.78, 5) is 0. The van der Waals surface area contributed by atoms with E-state index in [1.54, 1.807) is 0 Å². The number of rotatable bonds is 8. The first kappa shape index (κ1) is 31.7. The van der Waals surface area contributed by atoms with Crippen LogP contribution < -0.4 is 10.6 Å². The molecule has 0 amide bonds. The van der Waals surface area contributed by atoms with Crippen LogP contribution in [0.2, 0.25) is 36.3 Å². The van der Waals surface area contributed by atoms with Gasteiger partial charge in [-0.2, -0.15) is 0 Å². The van der Waals surface area contributed by atoms with Gasteiger partial charge in [-0.05, 0) is 61.9 Å². The summed E-state index contributed by atoms with van der Waals surface area (Å²) in [6.45, 7) is 23.5. The van der Waals surface area contributed by atoms with Gasteiger partial charge >= 0.3 is 0 Å². The monoisotopic (exact) mass is 596 g/mol. The van der Waals surface area contributed by atoms with Crippen molar-refractivity contribution in [1.82, 2.24) is 0 Å². The summed E-state index contributed by atoms with van der Waals surface area (Å²) >= 11 is 0. The zero-order chi connectivity index (χ0) is 29.6. The molecular formula is C34H53O3PSi2. The van der Waals surface area contributed by atoms with E-state index in [9.17, 15) is 4.57 Å². The van der Waals surface area contributed by atoms with Crippen LogP contribution in [0.1, 0.15) is 67.2 Å². The molecule has 4 rings (SSSR count). The molecule has 220 valence electrons. The molecule has 2 aromatic carbocycles. The quantitative estimate of drug-likeness (QED) is 0.173. The molecule has 1 spiro atoms. The Labute approximate surface area is 246 Å². The van der Waals surface area contributed by atoms with Gasteiger partial charge in [0, 0.05) is 22.2 Å². The van der Waals surface area contributed by atoms with Gasteiger partial charge in [0.15, 0.2) is 16.6 Å². The van der Waals surface area contributed by atoms with Crippen molar-refractivity contribution in [2.45, 2.75) is 116 Å². The van der Waals surface area contributed by atoms with Gasteiger partial charge in [0.05, 0.1) is 12.2 Å². The predicted molar refractivity (Wildman–Crippen MR) is 178 cm³/mol. The lowest BCUT2D eigenvalue weighted by Gasteiger charge is -2.49. The van der Waals surface area contributed by atoms with E-state index in [0.29, 0.717) is 6.16 Å². The number of allylic oxidation sites excluding steroid dienone is 1. The summed E-state index contributed by atoms with van der Waals surface area (Å²) in [6.07, 6.45) is 7.38. The molecule has 0 saturated heterocycles. The lowest BCUT2D eigenvalue weighted by molar-refractivity contribution is -0.00945. The maximum atomic E-state index is 14.8. The molecule has 0 N–H and O–H groups in total. The van der Waals surface area contributed by atoms with Crippen LogP contribution in [0.3, 0.4) is 0 Å². The molecule has 40 heavy (non-hydrogen) atoms. The third kappa shape index (κ3) is 6.39. The molecule has 0 bridgehead atoms. The highest BCUT2D eigenvalue weighted by Gasteiger charge is 2.61. The maximum absolute atomic E-state index is 14.8. The average molecular weight is 597 g/mol. The predicted octanol–water partition coefficient (Wildman–Crippen LogP) is 9.28. The van der Waals surface area contributed by atoms with E-state index in [0.717, 1.165) is 23.5 Å². The summed E-state index contributed by atoms with van der Waals surface area (Å²) in [5.74, 6) is 0. The standard InChI is InChI=1S/C34H53O3PSi2/c1-32(2,3)39(7,8)36-30-25-27(26-31(34(30)22-23-34)37-40(9,10)33(4,5)6)21-24-38(35,28-17-13-11-14-18-28)29-19-15-12-16-20-29/h11-21,30-31H,22-26H2,1-10H3/t30-,31-/m1/s1. The first-order valence-corrected chi connectivity index (χ1v) is 22.9. The van der Waals surface area contributed by atoms with Crippen molar-refractivity contribution in [2.24, 2.45) is 5.41 Å². The zero-order valence-corrected chi connectivity index (χ0v) is 29.6. The lowest BCUT2D eigenvalue weighted by atomic mass is 9.78. The van der Waals surface area contributed by atoms with Crippen LogP contribution in [0.15, 0.2) is 72.3 Å². The van der Waals surface area contributed by atoms with E-state index in [1.807, 2.05) is 60.7 Å². The molecule has 2 aliphatic rings. The SMILES string of the molecule is CC(C)(C)[Si](C)(C)O[C@@H]1CC(=CCP(=O)(c2ccccc2)c2ccccc2)C[C@@H](O[Si](C)(C)C(C)(C)C)C12CC2. The van der Waals surface area contributed by atoms with Gasteiger partial charge in [0.1, 0.15) is 7.14 Å². The Hall–Kier alpha value is -1.24. The molecule has 0 radical (unpaired) electrons. The molecule has 2 aromatic rings. The van der Waals surface area contributed by atoms with E-state index in [1.165, 1.54) is 18.4 Å². The van der Waals surface area contributed by atoms with Crippen molar-refractivity contribution >= 4 is 34.4 Å². The Morgan fingerprint density at radius 3 is 1.45 bits per heavy atom. The van der Waals surface area contributed by atoms with E-state index in [2.05, 4.69) is 73.8 Å². The molecule has 2 atom stereocenters. The molecule has 0 aliphatic heterocycles. The van der Waals surface area contributed by atoms with E-state index >= 15 is 0 Å². The minimum atomic E-state index is -2.82. The van der Waals surface area contributed by atoms with Crippen LogP contribution in [0.4, 0.5) is 0 Å². The van der Waals surface area contributed by atoms with Crippen LogP contribution in [0, 0.1) is 5.41 Å². The Kier molecular flexibility index (Phi) is 8.81. The smallest absolute Gasteiger partial charge is 0.192 e. The molecule has 3 nitrogen and oxygen atoms in total. The van der Waals surface area contributed by atoms with Gasteiger partial charge < -0.3 is 13.4 Å². The normalized spacial score (nSPS) is 21.9. The van der Waals surface area contributed by atoms with Gasteiger partial charge in [-0.15, -0.1) is 0 Å². The highest BCUT2D eigenvalue weighted by atomic mass is 31.2. The summed E-state index contributed by atoms with van der Waals surface area (Å²) in [5, 5.41) is 2.15. The second-order valence-electron chi connectivity index (χ2n) is 15.3. The zero-order valence-electron chi connectivity index (χ0n) is 26.7. The Bertz CT molecular complexity index is 1150. The van der Waals surface area contributed by atoms with Crippen LogP contribution in [0.25, 0.3) is 0 Å². The summed E-state index contributed by atoms with van der Waals surface area (Å²) in [6, 6.07) is 20.1. The summed E-state index contributed by atoms with van der Waals surface area (Å²) in [7, 11) is -6.80. The summed E-state index contributed by atoms with van der Waals surface area (Å²) in [5.41, 5.74) is 1.47. The maximum Gasteiger partial charge on any atom is 0.192 e. The second kappa shape index (κ2) is 11.1. The van der Waals surface area contributed by atoms with Gasteiger partial charge in [-0.1, -0.05) is 114 Å². The minimum Gasteiger partial charge on any atom is -0.413 e. The third-order valence-electron chi connectivity index (χ3n) is 10.5. The minimum absolute atomic E-state index is 0.116. The van der Waals surface area contributed by atoms with Crippen molar-refractivity contribution in [3.05, 3.63) is 72.3 Å². The first-order chi connectivity index (χ1) is 18.4. The largest absolute Gasteiger partial charge is 0.413 e. The number of benzene rings is 2. The van der Waals surface area contributed by atoms with Gasteiger partial charge in [0.2, 0.25) is 0 Å². The van der Waals surface area contributed by atoms with Gasteiger partial charge in [0.25, 0.3) is 0 Å². The molecule has 0 unspecified atom stereocenters. The third-order valence-corrected chi connectivity index (χ3v) is 22.4. The number of hydrogen-bond donors (Lipinski definition) is 0. The van der Waals surface area contributed by atoms with Crippen LogP contribution >= 0.6 is 7.14 Å². The Morgan fingerprint density at radius 1 is 0.750 bits per heavy atom. The summed E-state index contributed by atoms with van der Waals surface area (Å²) < 4.78 is 29.3.